The first-order valence-electron chi connectivity index (χ1n) is 6.90. The van der Waals surface area contributed by atoms with Crippen molar-refractivity contribution in [1.82, 2.24) is 0 Å². The third-order valence-electron chi connectivity index (χ3n) is 3.91. The number of nitrogens with one attached hydrogen (secondary N) is 1. The Morgan fingerprint density at radius 3 is 2.86 bits per heavy atom. The van der Waals surface area contributed by atoms with Gasteiger partial charge in [-0.3, -0.25) is 4.79 Å². The van der Waals surface area contributed by atoms with Gasteiger partial charge in [-0.15, -0.1) is 0 Å². The van der Waals surface area contributed by atoms with E-state index >= 15 is 0 Å². The van der Waals surface area contributed by atoms with Crippen LogP contribution in [0.2, 0.25) is 0 Å². The molecule has 2 aromatic carbocycles. The molecule has 0 saturated heterocycles. The molecule has 1 unspecified atom stereocenters. The minimum atomic E-state index is -0.584. The average molecular weight is 283 g/mol. The number of carbonyl (C=O) groups excluding carboxylic acids is 1. The van der Waals surface area contributed by atoms with Gasteiger partial charge in [0, 0.05) is 12.5 Å². The van der Waals surface area contributed by atoms with Crippen LogP contribution in [0.5, 0.6) is 11.5 Å². The molecule has 1 amide bonds. The van der Waals surface area contributed by atoms with E-state index in [1.54, 1.807) is 6.07 Å². The van der Waals surface area contributed by atoms with Crippen molar-refractivity contribution in [2.24, 2.45) is 0 Å². The van der Waals surface area contributed by atoms with Crippen molar-refractivity contribution in [3.8, 4) is 11.5 Å². The van der Waals surface area contributed by atoms with Crippen LogP contribution in [0, 0.1) is 13.8 Å². The second-order valence-electron chi connectivity index (χ2n) is 5.34. The van der Waals surface area contributed by atoms with Gasteiger partial charge in [-0.25, -0.2) is 0 Å². The van der Waals surface area contributed by atoms with E-state index in [-0.39, 0.29) is 11.7 Å². The molecule has 0 fully saturated rings. The van der Waals surface area contributed by atoms with E-state index < -0.39 is 6.10 Å². The predicted molar refractivity (Wildman–Crippen MR) is 80.8 cm³/mol. The number of aromatic hydroxyl groups is 1. The van der Waals surface area contributed by atoms with Crippen molar-refractivity contribution in [2.75, 3.05) is 5.32 Å². The number of phenolic OH excluding ortho intramolecular Hbond substituents is 1. The van der Waals surface area contributed by atoms with Crippen molar-refractivity contribution in [1.29, 1.82) is 0 Å². The van der Waals surface area contributed by atoms with Crippen LogP contribution in [0.1, 0.15) is 16.7 Å². The van der Waals surface area contributed by atoms with Gasteiger partial charge in [0.15, 0.2) is 6.10 Å². The minimum Gasteiger partial charge on any atom is -0.508 e. The zero-order valence-electron chi connectivity index (χ0n) is 12.0. The SMILES string of the molecule is Cc1cccc(CC2Oc3cc(O)ccc3NC2=O)c1C. The van der Waals surface area contributed by atoms with E-state index in [9.17, 15) is 9.90 Å². The summed E-state index contributed by atoms with van der Waals surface area (Å²) in [6, 6.07) is 10.7. The lowest BCUT2D eigenvalue weighted by atomic mass is 9.98. The van der Waals surface area contributed by atoms with Gasteiger partial charge < -0.3 is 15.2 Å². The monoisotopic (exact) mass is 283 g/mol. The first-order valence-corrected chi connectivity index (χ1v) is 6.90. The maximum absolute atomic E-state index is 12.1. The van der Waals surface area contributed by atoms with E-state index in [2.05, 4.69) is 5.32 Å². The predicted octanol–water partition coefficient (Wildman–Crippen LogP) is 2.95. The molecule has 0 radical (unpaired) electrons. The Kier molecular flexibility index (Phi) is 3.29. The first kappa shape index (κ1) is 13.5. The molecule has 0 aliphatic carbocycles. The summed E-state index contributed by atoms with van der Waals surface area (Å²) in [5, 5.41) is 12.3. The number of rotatable bonds is 2. The Morgan fingerprint density at radius 1 is 1.24 bits per heavy atom. The van der Waals surface area contributed by atoms with Crippen molar-refractivity contribution in [3.05, 3.63) is 53.1 Å². The van der Waals surface area contributed by atoms with Gasteiger partial charge in [0.1, 0.15) is 11.5 Å². The summed E-state index contributed by atoms with van der Waals surface area (Å²) in [4.78, 5) is 12.1. The molecule has 0 spiro atoms. The zero-order chi connectivity index (χ0) is 15.0. The van der Waals surface area contributed by atoms with E-state index in [1.807, 2.05) is 32.0 Å². The second kappa shape index (κ2) is 5.13. The van der Waals surface area contributed by atoms with Crippen molar-refractivity contribution < 1.29 is 14.6 Å². The molecule has 21 heavy (non-hydrogen) atoms. The van der Waals surface area contributed by atoms with Crippen LogP contribution in [-0.2, 0) is 11.2 Å². The third kappa shape index (κ3) is 2.57. The quantitative estimate of drug-likeness (QED) is 0.833. The topological polar surface area (TPSA) is 58.6 Å². The Hall–Kier alpha value is -2.49. The summed E-state index contributed by atoms with van der Waals surface area (Å²) < 4.78 is 5.75. The van der Waals surface area contributed by atoms with Crippen LogP contribution in [0.4, 0.5) is 5.69 Å². The van der Waals surface area contributed by atoms with E-state index in [0.29, 0.717) is 17.9 Å². The molecule has 0 bridgehead atoms. The van der Waals surface area contributed by atoms with E-state index in [0.717, 1.165) is 5.56 Å². The molecule has 1 heterocycles. The van der Waals surface area contributed by atoms with Crippen LogP contribution < -0.4 is 10.1 Å². The molecule has 0 aromatic heterocycles. The molecule has 4 nitrogen and oxygen atoms in total. The van der Waals surface area contributed by atoms with Crippen molar-refractivity contribution >= 4 is 11.6 Å². The number of benzene rings is 2. The van der Waals surface area contributed by atoms with E-state index in [1.165, 1.54) is 23.3 Å². The number of hydrogen-bond donors (Lipinski definition) is 2. The highest BCUT2D eigenvalue weighted by Gasteiger charge is 2.28. The summed E-state index contributed by atoms with van der Waals surface area (Å²) in [6.45, 7) is 4.10. The Labute approximate surface area is 123 Å². The van der Waals surface area contributed by atoms with Gasteiger partial charge in [-0.1, -0.05) is 18.2 Å². The van der Waals surface area contributed by atoms with E-state index in [4.69, 9.17) is 4.74 Å². The molecule has 108 valence electrons. The summed E-state index contributed by atoms with van der Waals surface area (Å²) in [6.07, 6.45) is -0.0751. The van der Waals surface area contributed by atoms with Gasteiger partial charge in [0.2, 0.25) is 0 Å². The highest BCUT2D eigenvalue weighted by Crippen LogP contribution is 2.33. The number of anilines is 1. The second-order valence-corrected chi connectivity index (χ2v) is 5.34. The van der Waals surface area contributed by atoms with Crippen LogP contribution in [0.3, 0.4) is 0 Å². The maximum atomic E-state index is 12.1. The summed E-state index contributed by atoms with van der Waals surface area (Å²) in [5.41, 5.74) is 4.06. The number of fused-ring (bicyclic) bond motifs is 1. The largest absolute Gasteiger partial charge is 0.508 e. The lowest BCUT2D eigenvalue weighted by Gasteiger charge is -2.26. The van der Waals surface area contributed by atoms with Crippen LogP contribution in [0.15, 0.2) is 36.4 Å². The number of aryl methyl sites for hydroxylation is 1. The molecule has 0 saturated carbocycles. The number of phenols is 1. The fourth-order valence-corrected chi connectivity index (χ4v) is 2.50. The fourth-order valence-electron chi connectivity index (χ4n) is 2.50. The molecular weight excluding hydrogens is 266 g/mol. The van der Waals surface area contributed by atoms with Gasteiger partial charge in [-0.2, -0.15) is 0 Å². The minimum absolute atomic E-state index is 0.121. The molecular formula is C17H17NO3. The highest BCUT2D eigenvalue weighted by molar-refractivity contribution is 5.98. The van der Waals surface area contributed by atoms with Gasteiger partial charge in [0.05, 0.1) is 5.69 Å². The molecule has 2 N–H and O–H groups in total. The molecule has 1 aliphatic heterocycles. The molecule has 1 atom stereocenters. The summed E-state index contributed by atoms with van der Waals surface area (Å²) in [7, 11) is 0. The van der Waals surface area contributed by atoms with Crippen molar-refractivity contribution in [3.63, 3.8) is 0 Å². The van der Waals surface area contributed by atoms with Gasteiger partial charge in [0.25, 0.3) is 5.91 Å². The van der Waals surface area contributed by atoms with Crippen LogP contribution >= 0.6 is 0 Å². The molecule has 2 aromatic rings. The zero-order valence-corrected chi connectivity index (χ0v) is 12.0. The van der Waals surface area contributed by atoms with Gasteiger partial charge >= 0.3 is 0 Å². The average Bonchev–Trinajstić information content (AvgIpc) is 2.45. The standard InChI is InChI=1S/C17H17NO3/c1-10-4-3-5-12(11(10)2)8-16-17(20)18-14-7-6-13(19)9-15(14)21-16/h3-7,9,16,19H,8H2,1-2H3,(H,18,20). The highest BCUT2D eigenvalue weighted by atomic mass is 16.5. The van der Waals surface area contributed by atoms with Crippen molar-refractivity contribution in [2.45, 2.75) is 26.4 Å². The summed E-state index contributed by atoms with van der Waals surface area (Å²) in [5.74, 6) is 0.467. The smallest absolute Gasteiger partial charge is 0.265 e. The molecule has 3 rings (SSSR count). The normalized spacial score (nSPS) is 16.9. The number of carbonyl (C=O) groups is 1. The number of ether oxygens (including phenoxy) is 1. The van der Waals surface area contributed by atoms with Crippen LogP contribution in [0.25, 0.3) is 0 Å². The fraction of sp³-hybridized carbons (Fsp3) is 0.235. The Morgan fingerprint density at radius 2 is 2.05 bits per heavy atom. The molecule has 4 heteroatoms. The summed E-state index contributed by atoms with van der Waals surface area (Å²) >= 11 is 0. The van der Waals surface area contributed by atoms with Crippen LogP contribution in [-0.4, -0.2) is 17.1 Å². The van der Waals surface area contributed by atoms with Gasteiger partial charge in [-0.05, 0) is 42.7 Å². The first-order chi connectivity index (χ1) is 10.0. The number of amides is 1. The lowest BCUT2D eigenvalue weighted by molar-refractivity contribution is -0.123. The number of hydrogen-bond acceptors (Lipinski definition) is 3. The molecule has 1 aliphatic rings. The lowest BCUT2D eigenvalue weighted by Crippen LogP contribution is -2.38. The third-order valence-corrected chi connectivity index (χ3v) is 3.91. The Balaban J connectivity index is 1.87. The Bertz CT molecular complexity index is 709. The maximum Gasteiger partial charge on any atom is 0.265 e.